The summed E-state index contributed by atoms with van der Waals surface area (Å²) in [5.41, 5.74) is 0.815. The number of halogens is 1. The van der Waals surface area contributed by atoms with Crippen molar-refractivity contribution in [3.05, 3.63) is 53.1 Å². The monoisotopic (exact) mass is 396 g/mol. The SMILES string of the molecule is C[C@@H](NS(=O)(=O)c1ccc(Cl)cc1)C(=O)NCc1ccc2c(c1)OCO2. The lowest BCUT2D eigenvalue weighted by molar-refractivity contribution is -0.122. The fourth-order valence-electron chi connectivity index (χ4n) is 2.36. The van der Waals surface area contributed by atoms with E-state index in [-0.39, 0.29) is 18.2 Å². The molecule has 2 N–H and O–H groups in total. The first-order valence-electron chi connectivity index (χ1n) is 7.79. The average molecular weight is 397 g/mol. The van der Waals surface area contributed by atoms with Crippen molar-refractivity contribution in [1.82, 2.24) is 10.0 Å². The number of rotatable bonds is 6. The van der Waals surface area contributed by atoms with Gasteiger partial charge in [-0.3, -0.25) is 4.79 Å². The van der Waals surface area contributed by atoms with Crippen molar-refractivity contribution in [1.29, 1.82) is 0 Å². The van der Waals surface area contributed by atoms with Crippen molar-refractivity contribution in [2.24, 2.45) is 0 Å². The van der Waals surface area contributed by atoms with Gasteiger partial charge < -0.3 is 14.8 Å². The molecule has 138 valence electrons. The molecule has 9 heteroatoms. The highest BCUT2D eigenvalue weighted by Crippen LogP contribution is 2.32. The summed E-state index contributed by atoms with van der Waals surface area (Å²) in [4.78, 5) is 12.2. The van der Waals surface area contributed by atoms with Crippen molar-refractivity contribution < 1.29 is 22.7 Å². The van der Waals surface area contributed by atoms with Gasteiger partial charge in [-0.15, -0.1) is 0 Å². The topological polar surface area (TPSA) is 93.7 Å². The highest BCUT2D eigenvalue weighted by Gasteiger charge is 2.22. The zero-order chi connectivity index (χ0) is 18.7. The summed E-state index contributed by atoms with van der Waals surface area (Å²) in [5.74, 6) is 0.831. The summed E-state index contributed by atoms with van der Waals surface area (Å²) in [7, 11) is -3.82. The molecule has 0 aromatic heterocycles. The van der Waals surface area contributed by atoms with Gasteiger partial charge in [0.15, 0.2) is 11.5 Å². The van der Waals surface area contributed by atoms with Crippen LogP contribution in [-0.4, -0.2) is 27.2 Å². The van der Waals surface area contributed by atoms with Crippen LogP contribution < -0.4 is 19.5 Å². The summed E-state index contributed by atoms with van der Waals surface area (Å²) >= 11 is 5.76. The summed E-state index contributed by atoms with van der Waals surface area (Å²) in [6.45, 7) is 1.89. The van der Waals surface area contributed by atoms with Crippen LogP contribution in [0.15, 0.2) is 47.4 Å². The van der Waals surface area contributed by atoms with Gasteiger partial charge in [0.25, 0.3) is 0 Å². The molecule has 0 saturated heterocycles. The number of carbonyl (C=O) groups excluding carboxylic acids is 1. The van der Waals surface area contributed by atoms with Crippen molar-refractivity contribution in [2.45, 2.75) is 24.4 Å². The maximum atomic E-state index is 12.3. The Hall–Kier alpha value is -2.29. The van der Waals surface area contributed by atoms with Crippen LogP contribution in [-0.2, 0) is 21.4 Å². The third-order valence-corrected chi connectivity index (χ3v) is 5.56. The number of hydrogen-bond donors (Lipinski definition) is 2. The predicted molar refractivity (Wildman–Crippen MR) is 95.6 cm³/mol. The second-order valence-electron chi connectivity index (χ2n) is 5.70. The van der Waals surface area contributed by atoms with Crippen LogP contribution in [0, 0.1) is 0 Å². The molecule has 26 heavy (non-hydrogen) atoms. The van der Waals surface area contributed by atoms with Gasteiger partial charge in [-0.05, 0) is 48.9 Å². The fourth-order valence-corrected chi connectivity index (χ4v) is 3.69. The molecule has 0 radical (unpaired) electrons. The molecule has 0 unspecified atom stereocenters. The number of fused-ring (bicyclic) bond motifs is 1. The molecule has 0 bridgehead atoms. The molecule has 0 spiro atoms. The average Bonchev–Trinajstić information content (AvgIpc) is 3.07. The van der Waals surface area contributed by atoms with E-state index in [1.54, 1.807) is 18.2 Å². The van der Waals surface area contributed by atoms with Gasteiger partial charge >= 0.3 is 0 Å². The number of carbonyl (C=O) groups is 1. The largest absolute Gasteiger partial charge is 0.454 e. The summed E-state index contributed by atoms with van der Waals surface area (Å²) in [6.07, 6.45) is 0. The van der Waals surface area contributed by atoms with E-state index >= 15 is 0 Å². The number of nitrogens with one attached hydrogen (secondary N) is 2. The van der Waals surface area contributed by atoms with Gasteiger partial charge in [-0.25, -0.2) is 8.42 Å². The molecule has 2 aromatic rings. The summed E-state index contributed by atoms with van der Waals surface area (Å²) < 4.78 is 37.4. The van der Waals surface area contributed by atoms with Crippen LogP contribution in [0.25, 0.3) is 0 Å². The molecule has 1 aliphatic heterocycles. The number of ether oxygens (including phenoxy) is 2. The minimum absolute atomic E-state index is 0.0392. The first-order chi connectivity index (χ1) is 12.3. The van der Waals surface area contributed by atoms with Crippen LogP contribution >= 0.6 is 11.6 Å². The van der Waals surface area contributed by atoms with Crippen LogP contribution in [0.1, 0.15) is 12.5 Å². The molecule has 0 fully saturated rings. The second kappa shape index (κ2) is 7.53. The van der Waals surface area contributed by atoms with Crippen LogP contribution in [0.2, 0.25) is 5.02 Å². The third kappa shape index (κ3) is 4.27. The standard InChI is InChI=1S/C17H17ClN2O5S/c1-11(20-26(22,23)14-5-3-13(18)4-6-14)17(21)19-9-12-2-7-15-16(8-12)25-10-24-15/h2-8,11,20H,9-10H2,1H3,(H,19,21)/t11-/m1/s1. The van der Waals surface area contributed by atoms with Gasteiger partial charge in [-0.2, -0.15) is 4.72 Å². The van der Waals surface area contributed by atoms with E-state index in [0.29, 0.717) is 16.5 Å². The Morgan fingerprint density at radius 1 is 1.15 bits per heavy atom. The number of sulfonamides is 1. The smallest absolute Gasteiger partial charge is 0.241 e. The van der Waals surface area contributed by atoms with E-state index in [9.17, 15) is 13.2 Å². The molecule has 1 atom stereocenters. The molecule has 1 aliphatic rings. The van der Waals surface area contributed by atoms with Crippen LogP contribution in [0.5, 0.6) is 11.5 Å². The molecule has 0 saturated carbocycles. The van der Waals surface area contributed by atoms with Gasteiger partial charge in [0.1, 0.15) is 0 Å². The van der Waals surface area contributed by atoms with E-state index < -0.39 is 22.0 Å². The predicted octanol–water partition coefficient (Wildman–Crippen LogP) is 2.05. The Morgan fingerprint density at radius 2 is 1.85 bits per heavy atom. The lowest BCUT2D eigenvalue weighted by Crippen LogP contribution is -2.44. The zero-order valence-corrected chi connectivity index (χ0v) is 15.4. The Balaban J connectivity index is 1.58. The Morgan fingerprint density at radius 3 is 2.58 bits per heavy atom. The second-order valence-corrected chi connectivity index (χ2v) is 7.85. The fraction of sp³-hybridized carbons (Fsp3) is 0.235. The van der Waals surface area contributed by atoms with E-state index in [1.807, 2.05) is 0 Å². The van der Waals surface area contributed by atoms with E-state index in [2.05, 4.69) is 10.0 Å². The molecule has 1 heterocycles. The zero-order valence-electron chi connectivity index (χ0n) is 13.9. The Kier molecular flexibility index (Phi) is 5.36. The molecule has 7 nitrogen and oxygen atoms in total. The molecule has 2 aromatic carbocycles. The maximum absolute atomic E-state index is 12.3. The van der Waals surface area contributed by atoms with Gasteiger partial charge in [0.05, 0.1) is 10.9 Å². The van der Waals surface area contributed by atoms with Gasteiger partial charge in [-0.1, -0.05) is 17.7 Å². The van der Waals surface area contributed by atoms with Crippen LogP contribution in [0.3, 0.4) is 0 Å². The summed E-state index contributed by atoms with van der Waals surface area (Å²) in [6, 6.07) is 10.1. The molecular weight excluding hydrogens is 380 g/mol. The van der Waals surface area contributed by atoms with Gasteiger partial charge in [0, 0.05) is 11.6 Å². The lowest BCUT2D eigenvalue weighted by atomic mass is 10.2. The molecule has 1 amide bonds. The third-order valence-electron chi connectivity index (χ3n) is 3.75. The Labute approximate surface area is 156 Å². The highest BCUT2D eigenvalue weighted by molar-refractivity contribution is 7.89. The van der Waals surface area contributed by atoms with Crippen LogP contribution in [0.4, 0.5) is 0 Å². The lowest BCUT2D eigenvalue weighted by Gasteiger charge is -2.14. The quantitative estimate of drug-likeness (QED) is 0.779. The first kappa shape index (κ1) is 18.5. The van der Waals surface area contributed by atoms with Gasteiger partial charge in [0.2, 0.25) is 22.7 Å². The van der Waals surface area contributed by atoms with Crippen molar-refractivity contribution >= 4 is 27.5 Å². The molecular formula is C17H17ClN2O5S. The molecule has 0 aliphatic carbocycles. The molecule has 3 rings (SSSR count). The van der Waals surface area contributed by atoms with E-state index in [1.165, 1.54) is 31.2 Å². The van der Waals surface area contributed by atoms with E-state index in [4.69, 9.17) is 21.1 Å². The maximum Gasteiger partial charge on any atom is 0.241 e. The minimum atomic E-state index is -3.82. The minimum Gasteiger partial charge on any atom is -0.454 e. The normalized spacial score (nSPS) is 14.1. The number of amides is 1. The van der Waals surface area contributed by atoms with E-state index in [0.717, 1.165) is 5.56 Å². The van der Waals surface area contributed by atoms with Crippen molar-refractivity contribution in [3.63, 3.8) is 0 Å². The Bertz CT molecular complexity index is 915. The number of hydrogen-bond acceptors (Lipinski definition) is 5. The highest BCUT2D eigenvalue weighted by atomic mass is 35.5. The first-order valence-corrected chi connectivity index (χ1v) is 9.65. The summed E-state index contributed by atoms with van der Waals surface area (Å²) in [5, 5.41) is 3.12. The number of benzene rings is 2. The van der Waals surface area contributed by atoms with Crippen molar-refractivity contribution in [3.8, 4) is 11.5 Å². The van der Waals surface area contributed by atoms with Crippen molar-refractivity contribution in [2.75, 3.05) is 6.79 Å².